The van der Waals surface area contributed by atoms with Crippen LogP contribution in [0.15, 0.2) is 0 Å². The van der Waals surface area contributed by atoms with Gasteiger partial charge in [-0.3, -0.25) is 0 Å². The average Bonchev–Trinajstić information content (AvgIpc) is 2.41. The number of rotatable bonds is 10. The molecule has 0 fully saturated rings. The van der Waals surface area contributed by atoms with E-state index >= 15 is 0 Å². The van der Waals surface area contributed by atoms with Crippen LogP contribution in [0.5, 0.6) is 0 Å². The molecule has 6 heteroatoms. The molecule has 0 aliphatic rings. The SMILES string of the molecule is CCCCOC(=O)NC(CCSC)C(=O)OCC(C)C. The van der Waals surface area contributed by atoms with E-state index in [4.69, 9.17) is 9.47 Å². The average molecular weight is 305 g/mol. The zero-order valence-corrected chi connectivity index (χ0v) is 13.8. The van der Waals surface area contributed by atoms with Crippen LogP contribution in [-0.4, -0.2) is 43.3 Å². The van der Waals surface area contributed by atoms with Gasteiger partial charge in [-0.25, -0.2) is 9.59 Å². The lowest BCUT2D eigenvalue weighted by molar-refractivity contribution is -0.147. The van der Waals surface area contributed by atoms with Gasteiger partial charge in [0.15, 0.2) is 0 Å². The van der Waals surface area contributed by atoms with Gasteiger partial charge in [-0.15, -0.1) is 0 Å². The zero-order chi connectivity index (χ0) is 15.4. The summed E-state index contributed by atoms with van der Waals surface area (Å²) in [7, 11) is 0. The molecule has 0 aromatic carbocycles. The minimum Gasteiger partial charge on any atom is -0.464 e. The Hall–Kier alpha value is -0.910. The number of carbonyl (C=O) groups is 2. The van der Waals surface area contributed by atoms with Gasteiger partial charge >= 0.3 is 12.1 Å². The van der Waals surface area contributed by atoms with Crippen molar-refractivity contribution in [1.82, 2.24) is 5.32 Å². The summed E-state index contributed by atoms with van der Waals surface area (Å²) in [6.45, 7) is 6.69. The van der Waals surface area contributed by atoms with Crippen LogP contribution in [-0.2, 0) is 14.3 Å². The molecule has 118 valence electrons. The third kappa shape index (κ3) is 9.95. The molecule has 20 heavy (non-hydrogen) atoms. The lowest BCUT2D eigenvalue weighted by Crippen LogP contribution is -2.43. The van der Waals surface area contributed by atoms with Crippen LogP contribution in [0.25, 0.3) is 0 Å². The number of ether oxygens (including phenoxy) is 2. The van der Waals surface area contributed by atoms with Crippen molar-refractivity contribution < 1.29 is 19.1 Å². The van der Waals surface area contributed by atoms with E-state index in [0.29, 0.717) is 19.6 Å². The largest absolute Gasteiger partial charge is 0.464 e. The molecular weight excluding hydrogens is 278 g/mol. The molecule has 1 atom stereocenters. The highest BCUT2D eigenvalue weighted by molar-refractivity contribution is 7.98. The smallest absolute Gasteiger partial charge is 0.407 e. The third-order valence-corrected chi connectivity index (χ3v) is 3.12. The number of hydrogen-bond acceptors (Lipinski definition) is 5. The first-order chi connectivity index (χ1) is 9.51. The molecule has 1 unspecified atom stereocenters. The maximum atomic E-state index is 11.9. The Balaban J connectivity index is 4.24. The molecule has 0 heterocycles. The van der Waals surface area contributed by atoms with Crippen molar-refractivity contribution >= 4 is 23.8 Å². The van der Waals surface area contributed by atoms with Gasteiger partial charge in [-0.1, -0.05) is 27.2 Å². The van der Waals surface area contributed by atoms with Crippen molar-refractivity contribution in [3.8, 4) is 0 Å². The first-order valence-corrected chi connectivity index (χ1v) is 8.49. The highest BCUT2D eigenvalue weighted by Crippen LogP contribution is 2.05. The number of hydrogen-bond donors (Lipinski definition) is 1. The second-order valence-electron chi connectivity index (χ2n) is 4.99. The van der Waals surface area contributed by atoms with Crippen LogP contribution in [0.2, 0.25) is 0 Å². The number of nitrogens with one attached hydrogen (secondary N) is 1. The number of alkyl carbamates (subject to hydrolysis) is 1. The summed E-state index contributed by atoms with van der Waals surface area (Å²) in [5, 5.41) is 2.59. The summed E-state index contributed by atoms with van der Waals surface area (Å²) in [6, 6.07) is -0.629. The summed E-state index contributed by atoms with van der Waals surface area (Å²) in [6.07, 6.45) is 3.73. The molecular formula is C14H27NO4S. The van der Waals surface area contributed by atoms with E-state index in [1.807, 2.05) is 27.0 Å². The Bertz CT molecular complexity index is 284. The topological polar surface area (TPSA) is 64.6 Å². The first kappa shape index (κ1) is 19.1. The number of carbonyl (C=O) groups excluding carboxylic acids is 2. The van der Waals surface area contributed by atoms with Crippen LogP contribution in [0, 0.1) is 5.92 Å². The summed E-state index contributed by atoms with van der Waals surface area (Å²) in [5.41, 5.74) is 0. The minimum absolute atomic E-state index is 0.275. The Morgan fingerprint density at radius 3 is 2.50 bits per heavy atom. The molecule has 0 spiro atoms. The van der Waals surface area contributed by atoms with Gasteiger partial charge in [-0.2, -0.15) is 11.8 Å². The summed E-state index contributed by atoms with van der Waals surface area (Å²) >= 11 is 1.62. The number of unbranched alkanes of at least 4 members (excludes halogenated alkanes) is 1. The maximum Gasteiger partial charge on any atom is 0.407 e. The molecule has 0 radical (unpaired) electrons. The Morgan fingerprint density at radius 1 is 1.25 bits per heavy atom. The fraction of sp³-hybridized carbons (Fsp3) is 0.857. The van der Waals surface area contributed by atoms with Gasteiger partial charge in [0.2, 0.25) is 0 Å². The van der Waals surface area contributed by atoms with Gasteiger partial charge in [0.25, 0.3) is 0 Å². The summed E-state index contributed by atoms with van der Waals surface area (Å²) in [4.78, 5) is 23.5. The number of thioether (sulfide) groups is 1. The van der Waals surface area contributed by atoms with Gasteiger partial charge in [-0.05, 0) is 30.8 Å². The van der Waals surface area contributed by atoms with E-state index in [2.05, 4.69) is 5.32 Å². The third-order valence-electron chi connectivity index (χ3n) is 2.48. The fourth-order valence-electron chi connectivity index (χ4n) is 1.33. The van der Waals surface area contributed by atoms with Crippen molar-refractivity contribution in [2.24, 2.45) is 5.92 Å². The fourth-order valence-corrected chi connectivity index (χ4v) is 1.80. The van der Waals surface area contributed by atoms with E-state index in [0.717, 1.165) is 18.6 Å². The molecule has 1 amide bonds. The van der Waals surface area contributed by atoms with Crippen molar-refractivity contribution in [2.75, 3.05) is 25.2 Å². The molecule has 0 aromatic heterocycles. The Kier molecular flexibility index (Phi) is 11.3. The predicted molar refractivity (Wildman–Crippen MR) is 82.0 cm³/mol. The first-order valence-electron chi connectivity index (χ1n) is 7.10. The van der Waals surface area contributed by atoms with Crippen LogP contribution >= 0.6 is 11.8 Å². The molecule has 1 N–H and O–H groups in total. The van der Waals surface area contributed by atoms with Crippen molar-refractivity contribution in [1.29, 1.82) is 0 Å². The van der Waals surface area contributed by atoms with Crippen LogP contribution in [0.3, 0.4) is 0 Å². The van der Waals surface area contributed by atoms with E-state index in [-0.39, 0.29) is 11.9 Å². The lowest BCUT2D eigenvalue weighted by Gasteiger charge is -2.18. The van der Waals surface area contributed by atoms with Crippen molar-refractivity contribution in [2.45, 2.75) is 46.1 Å². The van der Waals surface area contributed by atoms with Crippen molar-refractivity contribution in [3.63, 3.8) is 0 Å². The molecule has 0 aromatic rings. The minimum atomic E-state index is -0.629. The van der Waals surface area contributed by atoms with Crippen LogP contribution in [0.4, 0.5) is 4.79 Å². The highest BCUT2D eigenvalue weighted by Gasteiger charge is 2.22. The number of amides is 1. The second kappa shape index (κ2) is 11.9. The Morgan fingerprint density at radius 2 is 1.95 bits per heavy atom. The monoisotopic (exact) mass is 305 g/mol. The predicted octanol–water partition coefficient (Wildman–Crippen LogP) is 2.83. The van der Waals surface area contributed by atoms with Crippen molar-refractivity contribution in [3.05, 3.63) is 0 Å². The Labute approximate surface area is 126 Å². The maximum absolute atomic E-state index is 11.9. The summed E-state index contributed by atoms with van der Waals surface area (Å²) in [5.74, 6) is 0.660. The zero-order valence-electron chi connectivity index (χ0n) is 12.9. The van der Waals surface area contributed by atoms with E-state index in [9.17, 15) is 9.59 Å². The van der Waals surface area contributed by atoms with Gasteiger partial charge in [0.05, 0.1) is 13.2 Å². The van der Waals surface area contributed by atoms with E-state index in [1.54, 1.807) is 11.8 Å². The van der Waals surface area contributed by atoms with Gasteiger partial charge in [0, 0.05) is 0 Å². The van der Waals surface area contributed by atoms with Gasteiger partial charge in [0.1, 0.15) is 6.04 Å². The molecule has 0 bridgehead atoms. The standard InChI is InChI=1S/C14H27NO4S/c1-5-6-8-18-14(17)15-12(7-9-20-4)13(16)19-10-11(2)3/h11-12H,5-10H2,1-4H3,(H,15,17). The van der Waals surface area contributed by atoms with Crippen LogP contribution in [0.1, 0.15) is 40.0 Å². The molecule has 0 rings (SSSR count). The molecule has 0 saturated carbocycles. The second-order valence-corrected chi connectivity index (χ2v) is 5.98. The molecule has 0 aliphatic carbocycles. The van der Waals surface area contributed by atoms with Gasteiger partial charge < -0.3 is 14.8 Å². The quantitative estimate of drug-likeness (QED) is 0.496. The van der Waals surface area contributed by atoms with E-state index in [1.165, 1.54) is 0 Å². The van der Waals surface area contributed by atoms with Crippen LogP contribution < -0.4 is 5.32 Å². The van der Waals surface area contributed by atoms with E-state index < -0.39 is 12.1 Å². The normalized spacial score (nSPS) is 12.1. The summed E-state index contributed by atoms with van der Waals surface area (Å²) < 4.78 is 10.2. The molecule has 0 saturated heterocycles. The molecule has 5 nitrogen and oxygen atoms in total. The molecule has 0 aliphatic heterocycles. The number of esters is 1. The lowest BCUT2D eigenvalue weighted by atomic mass is 10.2. The highest BCUT2D eigenvalue weighted by atomic mass is 32.2.